The summed E-state index contributed by atoms with van der Waals surface area (Å²) in [6, 6.07) is 0. The van der Waals surface area contributed by atoms with Crippen LogP contribution < -0.4 is 0 Å². The normalized spacial score (nSPS) is 57.0. The van der Waals surface area contributed by atoms with Gasteiger partial charge in [-0.1, -0.05) is 0 Å². The van der Waals surface area contributed by atoms with Gasteiger partial charge in [-0.2, -0.15) is 0 Å². The van der Waals surface area contributed by atoms with Crippen molar-refractivity contribution in [2.45, 2.75) is 30.8 Å². The maximum Gasteiger partial charge on any atom is 0.131 e. The Hall–Kier alpha value is 0.230. The maximum atomic E-state index is 12.2. The molecule has 0 aliphatic carbocycles. The van der Waals surface area contributed by atoms with Crippen LogP contribution in [0.4, 0.5) is 0 Å². The van der Waals surface area contributed by atoms with Gasteiger partial charge in [-0.05, 0) is 6.92 Å². The van der Waals surface area contributed by atoms with Crippen LogP contribution in [0.5, 0.6) is 0 Å². The molecule has 0 aromatic rings. The Morgan fingerprint density at radius 3 is 2.64 bits per heavy atom. The number of hydrogen-bond donors (Lipinski definition) is 0. The van der Waals surface area contributed by atoms with Crippen LogP contribution in [0.3, 0.4) is 0 Å². The minimum Gasteiger partial charge on any atom is -0.633 e. The third kappa shape index (κ3) is 1.24. The van der Waals surface area contributed by atoms with E-state index in [1.165, 1.54) is 0 Å². The number of ether oxygens (including phenoxy) is 1. The molecule has 1 spiro atoms. The molecule has 0 aromatic heterocycles. The van der Waals surface area contributed by atoms with Crippen LogP contribution in [-0.2, 0) is 4.74 Å². The van der Waals surface area contributed by atoms with Crippen LogP contribution in [0, 0.1) is 11.1 Å². The monoisotopic (exact) mass is 215 g/mol. The Morgan fingerprint density at radius 1 is 1.43 bits per heavy atom. The van der Waals surface area contributed by atoms with Crippen LogP contribution in [0.2, 0.25) is 0 Å². The quantitative estimate of drug-likeness (QED) is 0.454. The summed E-state index contributed by atoms with van der Waals surface area (Å²) >= 11 is 1.87. The molecule has 4 saturated heterocycles. The number of hydrogen-bond acceptors (Lipinski definition) is 3. The Morgan fingerprint density at radius 2 is 2.14 bits per heavy atom. The molecule has 0 saturated carbocycles. The molecular formula is C10H17NO2S. The highest BCUT2D eigenvalue weighted by Crippen LogP contribution is 2.48. The highest BCUT2D eigenvalue weighted by atomic mass is 32.2. The molecule has 80 valence electrons. The lowest BCUT2D eigenvalue weighted by Gasteiger charge is -2.59. The first-order valence-electron chi connectivity index (χ1n) is 5.49. The fourth-order valence-corrected chi connectivity index (χ4v) is 4.46. The van der Waals surface area contributed by atoms with E-state index in [1.807, 2.05) is 11.8 Å². The summed E-state index contributed by atoms with van der Waals surface area (Å²) < 4.78 is 6.05. The molecule has 0 aromatic carbocycles. The fraction of sp³-hybridized carbons (Fsp3) is 1.00. The van der Waals surface area contributed by atoms with Crippen molar-refractivity contribution in [3.63, 3.8) is 0 Å². The summed E-state index contributed by atoms with van der Waals surface area (Å²) in [5.41, 5.74) is 0.240. The van der Waals surface area contributed by atoms with E-state index in [9.17, 15) is 5.21 Å². The first kappa shape index (κ1) is 9.46. The van der Waals surface area contributed by atoms with Gasteiger partial charge in [-0.3, -0.25) is 0 Å². The molecule has 14 heavy (non-hydrogen) atoms. The summed E-state index contributed by atoms with van der Waals surface area (Å²) in [7, 11) is 0. The average Bonchev–Trinajstić information content (AvgIpc) is 2.47. The van der Waals surface area contributed by atoms with Gasteiger partial charge in [0.2, 0.25) is 0 Å². The lowest BCUT2D eigenvalue weighted by atomic mass is 9.76. The van der Waals surface area contributed by atoms with Crippen LogP contribution in [0.1, 0.15) is 19.8 Å². The van der Waals surface area contributed by atoms with Gasteiger partial charge in [0.1, 0.15) is 17.6 Å². The van der Waals surface area contributed by atoms with Gasteiger partial charge < -0.3 is 14.6 Å². The van der Waals surface area contributed by atoms with Crippen molar-refractivity contribution in [2.75, 3.05) is 25.4 Å². The van der Waals surface area contributed by atoms with Gasteiger partial charge >= 0.3 is 0 Å². The molecule has 4 aliphatic heterocycles. The van der Waals surface area contributed by atoms with Crippen LogP contribution in [-0.4, -0.2) is 41.1 Å². The van der Waals surface area contributed by atoms with Gasteiger partial charge in [-0.15, -0.1) is 11.8 Å². The molecule has 0 radical (unpaired) electrons. The molecule has 4 aliphatic rings. The molecule has 4 rings (SSSR count). The zero-order chi connectivity index (χ0) is 9.81. The van der Waals surface area contributed by atoms with Gasteiger partial charge in [0.05, 0.1) is 13.1 Å². The van der Waals surface area contributed by atoms with E-state index < -0.39 is 0 Å². The molecule has 2 atom stereocenters. The highest BCUT2D eigenvalue weighted by Gasteiger charge is 2.56. The number of nitrogens with zero attached hydrogens (tertiary/aromatic N) is 1. The zero-order valence-electron chi connectivity index (χ0n) is 8.57. The molecule has 3 nitrogen and oxygen atoms in total. The van der Waals surface area contributed by atoms with E-state index >= 15 is 0 Å². The molecule has 4 fully saturated rings. The standard InChI is InChI=1S/C10H17NO2S/c1-8-13-10(7-14-8)6-11(12)4-2-9(10)3-5-11/h8-9H,2-7H2,1H3/t8-,9?,10-,11?/m1/s1. The van der Waals surface area contributed by atoms with Crippen molar-refractivity contribution in [1.82, 2.24) is 0 Å². The van der Waals surface area contributed by atoms with Crippen molar-refractivity contribution in [3.8, 4) is 0 Å². The lowest BCUT2D eigenvalue weighted by Crippen LogP contribution is -2.67. The third-order valence-corrected chi connectivity index (χ3v) is 5.25. The topological polar surface area (TPSA) is 32.3 Å². The molecule has 4 heteroatoms. The molecular weight excluding hydrogens is 198 g/mol. The van der Waals surface area contributed by atoms with Gasteiger partial charge in [0.15, 0.2) is 0 Å². The summed E-state index contributed by atoms with van der Waals surface area (Å²) in [6.45, 7) is 4.48. The molecule has 4 heterocycles. The van der Waals surface area contributed by atoms with Crippen molar-refractivity contribution in [3.05, 3.63) is 5.21 Å². The molecule has 0 amide bonds. The van der Waals surface area contributed by atoms with Crippen LogP contribution in [0.15, 0.2) is 0 Å². The van der Waals surface area contributed by atoms with E-state index in [-0.39, 0.29) is 10.2 Å². The van der Waals surface area contributed by atoms with E-state index in [0.717, 1.165) is 38.2 Å². The predicted octanol–water partition coefficient (Wildman–Crippen LogP) is 1.57. The average molecular weight is 215 g/mol. The van der Waals surface area contributed by atoms with E-state index in [2.05, 4.69) is 6.92 Å². The Bertz CT molecular complexity index is 253. The van der Waals surface area contributed by atoms with Gasteiger partial charge in [0, 0.05) is 24.5 Å². The number of quaternary nitrogens is 1. The first-order chi connectivity index (χ1) is 6.62. The second-order valence-corrected chi connectivity index (χ2v) is 6.28. The molecule has 2 bridgehead atoms. The summed E-state index contributed by atoms with van der Waals surface area (Å²) in [5, 5.41) is 12.2. The minimum absolute atomic E-state index is 0.0176. The van der Waals surface area contributed by atoms with Crippen LogP contribution in [0.25, 0.3) is 0 Å². The number of thioether (sulfide) groups is 1. The largest absolute Gasteiger partial charge is 0.633 e. The summed E-state index contributed by atoms with van der Waals surface area (Å²) in [4.78, 5) is 0. The predicted molar refractivity (Wildman–Crippen MR) is 56.7 cm³/mol. The van der Waals surface area contributed by atoms with E-state index in [1.54, 1.807) is 0 Å². The number of piperidine rings is 3. The fourth-order valence-electron chi connectivity index (χ4n) is 3.29. The van der Waals surface area contributed by atoms with Gasteiger partial charge in [0.25, 0.3) is 0 Å². The second-order valence-electron chi connectivity index (χ2n) is 5.00. The Balaban J connectivity index is 1.87. The van der Waals surface area contributed by atoms with E-state index in [0.29, 0.717) is 11.4 Å². The number of hydroxylamine groups is 3. The maximum absolute atomic E-state index is 12.2. The third-order valence-electron chi connectivity index (χ3n) is 4.03. The number of rotatable bonds is 0. The summed E-state index contributed by atoms with van der Waals surface area (Å²) in [5.74, 6) is 1.70. The van der Waals surface area contributed by atoms with Crippen molar-refractivity contribution in [1.29, 1.82) is 0 Å². The van der Waals surface area contributed by atoms with E-state index in [4.69, 9.17) is 4.74 Å². The van der Waals surface area contributed by atoms with Crippen LogP contribution >= 0.6 is 11.8 Å². The summed E-state index contributed by atoms with van der Waals surface area (Å²) in [6.07, 6.45) is 2.16. The molecule has 0 unspecified atom stereocenters. The Labute approximate surface area is 89.0 Å². The first-order valence-corrected chi connectivity index (χ1v) is 6.53. The molecule has 0 N–H and O–H groups in total. The second kappa shape index (κ2) is 2.88. The number of fused-ring (bicyclic) bond motifs is 2. The smallest absolute Gasteiger partial charge is 0.131 e. The van der Waals surface area contributed by atoms with Crippen molar-refractivity contribution in [2.24, 2.45) is 5.92 Å². The SMILES string of the molecule is C[C@@H]1O[C@@]2(CS1)C[N+]1([O-])CCC2CC1. The lowest BCUT2D eigenvalue weighted by molar-refractivity contribution is -0.905. The van der Waals surface area contributed by atoms with Crippen molar-refractivity contribution >= 4 is 11.8 Å². The van der Waals surface area contributed by atoms with Gasteiger partial charge in [-0.25, -0.2) is 0 Å². The highest BCUT2D eigenvalue weighted by molar-refractivity contribution is 8.00. The minimum atomic E-state index is -0.0532. The zero-order valence-corrected chi connectivity index (χ0v) is 9.39. The Kier molecular flexibility index (Phi) is 1.94. The van der Waals surface area contributed by atoms with Crippen molar-refractivity contribution < 1.29 is 9.38 Å².